The monoisotopic (exact) mass is 311 g/mol. The van der Waals surface area contributed by atoms with Crippen molar-refractivity contribution in [2.24, 2.45) is 0 Å². The molecule has 2 fully saturated rings. The van der Waals surface area contributed by atoms with Gasteiger partial charge in [0.1, 0.15) is 0 Å². The van der Waals surface area contributed by atoms with Gasteiger partial charge in [0, 0.05) is 12.6 Å². The highest BCUT2D eigenvalue weighted by Gasteiger charge is 2.20. The molecule has 21 heavy (non-hydrogen) atoms. The number of amides is 1. The topological polar surface area (TPSA) is 81.9 Å². The van der Waals surface area contributed by atoms with Gasteiger partial charge in [-0.3, -0.25) is 4.79 Å². The number of nitrogens with one attached hydrogen (secondary N) is 1. The molecule has 1 saturated carbocycles. The van der Waals surface area contributed by atoms with Gasteiger partial charge in [0.25, 0.3) is 0 Å². The van der Waals surface area contributed by atoms with Gasteiger partial charge in [-0.2, -0.15) is 0 Å². The van der Waals surface area contributed by atoms with Crippen molar-refractivity contribution in [2.45, 2.75) is 62.4 Å². The van der Waals surface area contributed by atoms with E-state index in [4.69, 9.17) is 4.74 Å². The van der Waals surface area contributed by atoms with Crippen LogP contribution in [0.4, 0.5) is 0 Å². The molecule has 2 aliphatic rings. The molecule has 8 heteroatoms. The third kappa shape index (κ3) is 4.16. The molecule has 1 aromatic heterocycles. The van der Waals surface area contributed by atoms with E-state index in [2.05, 4.69) is 20.8 Å². The summed E-state index contributed by atoms with van der Waals surface area (Å²) >= 11 is 1.39. The molecule has 0 bridgehead atoms. The maximum atomic E-state index is 11.9. The van der Waals surface area contributed by atoms with Crippen LogP contribution >= 0.6 is 11.8 Å². The molecule has 1 aliphatic carbocycles. The van der Waals surface area contributed by atoms with E-state index < -0.39 is 0 Å². The number of hydrogen-bond acceptors (Lipinski definition) is 6. The van der Waals surface area contributed by atoms with Gasteiger partial charge in [0.2, 0.25) is 11.1 Å². The lowest BCUT2D eigenvalue weighted by Gasteiger charge is -2.12. The molecule has 0 aromatic carbocycles. The summed E-state index contributed by atoms with van der Waals surface area (Å²) in [4.78, 5) is 11.9. The number of hydrogen-bond donors (Lipinski definition) is 1. The molecule has 1 aromatic rings. The van der Waals surface area contributed by atoms with E-state index in [1.54, 1.807) is 4.68 Å². The number of rotatable bonds is 6. The molecule has 2 heterocycles. The van der Waals surface area contributed by atoms with Crippen molar-refractivity contribution < 1.29 is 9.53 Å². The fourth-order valence-corrected chi connectivity index (χ4v) is 3.56. The number of nitrogens with zero attached hydrogens (tertiary/aromatic N) is 4. The van der Waals surface area contributed by atoms with E-state index in [0.29, 0.717) is 23.5 Å². The van der Waals surface area contributed by atoms with Crippen LogP contribution in [0, 0.1) is 0 Å². The molecule has 1 N–H and O–H groups in total. The molecule has 0 spiro atoms. The Balaban J connectivity index is 1.46. The van der Waals surface area contributed by atoms with Gasteiger partial charge < -0.3 is 10.1 Å². The van der Waals surface area contributed by atoms with Gasteiger partial charge in [-0.15, -0.1) is 5.10 Å². The Morgan fingerprint density at radius 3 is 2.95 bits per heavy atom. The highest BCUT2D eigenvalue weighted by Crippen LogP contribution is 2.20. The fourth-order valence-electron chi connectivity index (χ4n) is 2.87. The lowest BCUT2D eigenvalue weighted by molar-refractivity contribution is -0.119. The van der Waals surface area contributed by atoms with E-state index in [9.17, 15) is 4.79 Å². The zero-order chi connectivity index (χ0) is 14.5. The second kappa shape index (κ2) is 7.22. The number of aromatic nitrogens is 4. The first kappa shape index (κ1) is 14.8. The molecule has 3 rings (SSSR count). The molecular weight excluding hydrogens is 290 g/mol. The summed E-state index contributed by atoms with van der Waals surface area (Å²) in [6, 6.07) is 0.362. The second-order valence-electron chi connectivity index (χ2n) is 5.62. The van der Waals surface area contributed by atoms with E-state index in [1.165, 1.54) is 24.6 Å². The molecule has 1 unspecified atom stereocenters. The largest absolute Gasteiger partial charge is 0.376 e. The minimum Gasteiger partial charge on any atom is -0.376 e. The summed E-state index contributed by atoms with van der Waals surface area (Å²) in [7, 11) is 0. The van der Waals surface area contributed by atoms with Crippen LogP contribution in [-0.4, -0.2) is 50.6 Å². The lowest BCUT2D eigenvalue weighted by atomic mass is 10.2. The molecule has 0 radical (unpaired) electrons. The van der Waals surface area contributed by atoms with Crippen molar-refractivity contribution in [1.82, 2.24) is 25.5 Å². The molecule has 1 aliphatic heterocycles. The number of tetrazole rings is 1. The first-order valence-electron chi connectivity index (χ1n) is 7.61. The van der Waals surface area contributed by atoms with Crippen molar-refractivity contribution in [3.63, 3.8) is 0 Å². The standard InChI is InChI=1S/C13H21N5O2S/c19-12(14-10-4-1-2-5-10)9-21-13-15-16-17-18(13)8-11-6-3-7-20-11/h10-11H,1-9H2,(H,14,19). The quantitative estimate of drug-likeness (QED) is 0.789. The zero-order valence-electron chi connectivity index (χ0n) is 12.0. The van der Waals surface area contributed by atoms with Crippen LogP contribution in [0.1, 0.15) is 38.5 Å². The summed E-state index contributed by atoms with van der Waals surface area (Å²) < 4.78 is 7.33. The Kier molecular flexibility index (Phi) is 5.08. The van der Waals surface area contributed by atoms with Gasteiger partial charge >= 0.3 is 0 Å². The van der Waals surface area contributed by atoms with E-state index in [1.807, 2.05) is 0 Å². The van der Waals surface area contributed by atoms with Gasteiger partial charge in [-0.1, -0.05) is 24.6 Å². The van der Waals surface area contributed by atoms with Crippen molar-refractivity contribution in [2.75, 3.05) is 12.4 Å². The summed E-state index contributed by atoms with van der Waals surface area (Å²) in [5, 5.41) is 15.4. The van der Waals surface area contributed by atoms with Crippen LogP contribution in [0.2, 0.25) is 0 Å². The third-order valence-electron chi connectivity index (χ3n) is 3.95. The van der Waals surface area contributed by atoms with Crippen LogP contribution in [0.3, 0.4) is 0 Å². The lowest BCUT2D eigenvalue weighted by Crippen LogP contribution is -2.33. The van der Waals surface area contributed by atoms with E-state index >= 15 is 0 Å². The zero-order valence-corrected chi connectivity index (χ0v) is 12.8. The Labute approximate surface area is 128 Å². The van der Waals surface area contributed by atoms with Gasteiger partial charge in [0.05, 0.1) is 18.4 Å². The van der Waals surface area contributed by atoms with Crippen LogP contribution in [-0.2, 0) is 16.1 Å². The van der Waals surface area contributed by atoms with Gasteiger partial charge in [-0.25, -0.2) is 4.68 Å². The highest BCUT2D eigenvalue weighted by atomic mass is 32.2. The maximum Gasteiger partial charge on any atom is 0.230 e. The van der Waals surface area contributed by atoms with E-state index in [0.717, 1.165) is 32.3 Å². The smallest absolute Gasteiger partial charge is 0.230 e. The maximum absolute atomic E-state index is 11.9. The Bertz CT molecular complexity index is 469. The number of carbonyl (C=O) groups is 1. The predicted molar refractivity (Wildman–Crippen MR) is 77.9 cm³/mol. The molecule has 7 nitrogen and oxygen atoms in total. The summed E-state index contributed by atoms with van der Waals surface area (Å²) in [6.45, 7) is 1.48. The van der Waals surface area contributed by atoms with Crippen LogP contribution in [0.15, 0.2) is 5.16 Å². The van der Waals surface area contributed by atoms with Crippen LogP contribution < -0.4 is 5.32 Å². The Hall–Kier alpha value is -1.15. The Morgan fingerprint density at radius 1 is 1.33 bits per heavy atom. The van der Waals surface area contributed by atoms with E-state index in [-0.39, 0.29) is 12.0 Å². The molecule has 1 amide bonds. The predicted octanol–water partition coefficient (Wildman–Crippen LogP) is 1.00. The van der Waals surface area contributed by atoms with Crippen molar-refractivity contribution in [3.8, 4) is 0 Å². The first-order valence-corrected chi connectivity index (χ1v) is 8.60. The molecule has 1 atom stereocenters. The van der Waals surface area contributed by atoms with Crippen molar-refractivity contribution >= 4 is 17.7 Å². The molecule has 1 saturated heterocycles. The normalized spacial score (nSPS) is 22.8. The average Bonchev–Trinajstić information content (AvgIpc) is 3.19. The Morgan fingerprint density at radius 2 is 2.19 bits per heavy atom. The summed E-state index contributed by atoms with van der Waals surface area (Å²) in [5.41, 5.74) is 0. The van der Waals surface area contributed by atoms with Crippen LogP contribution in [0.5, 0.6) is 0 Å². The highest BCUT2D eigenvalue weighted by molar-refractivity contribution is 7.99. The fraction of sp³-hybridized carbons (Fsp3) is 0.846. The number of ether oxygens (including phenoxy) is 1. The first-order chi connectivity index (χ1) is 10.3. The number of carbonyl (C=O) groups excluding carboxylic acids is 1. The van der Waals surface area contributed by atoms with Crippen LogP contribution in [0.25, 0.3) is 0 Å². The molecule has 116 valence electrons. The summed E-state index contributed by atoms with van der Waals surface area (Å²) in [6.07, 6.45) is 6.99. The minimum atomic E-state index is 0.0681. The third-order valence-corrected chi connectivity index (χ3v) is 4.91. The van der Waals surface area contributed by atoms with Crippen molar-refractivity contribution in [3.05, 3.63) is 0 Å². The minimum absolute atomic E-state index is 0.0681. The average molecular weight is 311 g/mol. The SMILES string of the molecule is O=C(CSc1nnnn1CC1CCCO1)NC1CCCC1. The van der Waals surface area contributed by atoms with Gasteiger partial charge in [0.15, 0.2) is 0 Å². The summed E-state index contributed by atoms with van der Waals surface area (Å²) in [5.74, 6) is 0.432. The number of thioether (sulfide) groups is 1. The van der Waals surface area contributed by atoms with Gasteiger partial charge in [-0.05, 0) is 36.1 Å². The van der Waals surface area contributed by atoms with Crippen molar-refractivity contribution in [1.29, 1.82) is 0 Å². The molecular formula is C13H21N5O2S. The second-order valence-corrected chi connectivity index (χ2v) is 6.56.